The monoisotopic (exact) mass is 494 g/mol. The highest BCUT2D eigenvalue weighted by Crippen LogP contribution is 2.29. The van der Waals surface area contributed by atoms with E-state index in [1.807, 2.05) is 30.3 Å². The molecule has 3 aromatic carbocycles. The first kappa shape index (κ1) is 24.2. The Morgan fingerprint density at radius 2 is 1.80 bits per heavy atom. The van der Waals surface area contributed by atoms with Gasteiger partial charge in [0, 0.05) is 43.6 Å². The van der Waals surface area contributed by atoms with Crippen molar-refractivity contribution in [3.63, 3.8) is 0 Å². The highest BCUT2D eigenvalue weighted by molar-refractivity contribution is 7.89. The highest BCUT2D eigenvalue weighted by Gasteiger charge is 2.26. The van der Waals surface area contributed by atoms with Gasteiger partial charge in [0.1, 0.15) is 10.6 Å². The molecule has 1 saturated heterocycles. The zero-order valence-electron chi connectivity index (χ0n) is 19.4. The lowest BCUT2D eigenvalue weighted by Crippen LogP contribution is -2.27. The first-order chi connectivity index (χ1) is 16.8. The third-order valence-corrected chi connectivity index (χ3v) is 7.48. The Hall–Kier alpha value is -3.89. The van der Waals surface area contributed by atoms with Crippen molar-refractivity contribution in [1.82, 2.24) is 9.62 Å². The Bertz CT molecular complexity index is 1330. The second-order valence-corrected chi connectivity index (χ2v) is 10.0. The van der Waals surface area contributed by atoms with Crippen LogP contribution in [0.15, 0.2) is 77.7 Å². The van der Waals surface area contributed by atoms with Gasteiger partial charge in [0.2, 0.25) is 10.0 Å². The number of carbonyl (C=O) groups is 2. The predicted molar refractivity (Wildman–Crippen MR) is 133 cm³/mol. The standard InChI is InChI=1S/C25H26N4O5S/c1-28(17-18-6-4-3-5-7-18)35(32,33)23-16-19(8-13-22(23)34-2)24(30)27-20-9-11-21(12-10-20)29-15-14-26-25(29)31/h3-13,16H,14-15,17H2,1-2H3,(H,26,31)(H,27,30). The van der Waals surface area contributed by atoms with Gasteiger partial charge in [0.25, 0.3) is 5.91 Å². The molecular weight excluding hydrogens is 468 g/mol. The third-order valence-electron chi connectivity index (χ3n) is 5.66. The summed E-state index contributed by atoms with van der Waals surface area (Å²) in [6.07, 6.45) is 0. The average molecular weight is 495 g/mol. The maximum absolute atomic E-state index is 13.3. The summed E-state index contributed by atoms with van der Waals surface area (Å²) in [5.41, 5.74) is 2.24. The minimum atomic E-state index is -3.94. The van der Waals surface area contributed by atoms with E-state index < -0.39 is 15.9 Å². The number of amides is 3. The number of hydrogen-bond donors (Lipinski definition) is 2. The van der Waals surface area contributed by atoms with Gasteiger partial charge in [0.05, 0.1) is 7.11 Å². The van der Waals surface area contributed by atoms with Crippen LogP contribution in [0.1, 0.15) is 15.9 Å². The van der Waals surface area contributed by atoms with Crippen LogP contribution < -0.4 is 20.3 Å². The number of rotatable bonds is 8. The van der Waals surface area contributed by atoms with Crippen LogP contribution in [-0.4, -0.2) is 51.9 Å². The van der Waals surface area contributed by atoms with E-state index >= 15 is 0 Å². The second-order valence-electron chi connectivity index (χ2n) is 8.00. The van der Waals surface area contributed by atoms with Crippen molar-refractivity contribution in [3.8, 4) is 5.75 Å². The highest BCUT2D eigenvalue weighted by atomic mass is 32.2. The van der Waals surface area contributed by atoms with Crippen molar-refractivity contribution < 1.29 is 22.7 Å². The van der Waals surface area contributed by atoms with E-state index in [4.69, 9.17) is 4.74 Å². The first-order valence-corrected chi connectivity index (χ1v) is 12.4. The van der Waals surface area contributed by atoms with Crippen molar-refractivity contribution in [2.45, 2.75) is 11.4 Å². The van der Waals surface area contributed by atoms with Gasteiger partial charge in [-0.15, -0.1) is 0 Å². The number of sulfonamides is 1. The van der Waals surface area contributed by atoms with Gasteiger partial charge in [-0.05, 0) is 48.0 Å². The fourth-order valence-electron chi connectivity index (χ4n) is 3.76. The number of nitrogens with zero attached hydrogens (tertiary/aromatic N) is 2. The normalized spacial score (nSPS) is 13.6. The minimum absolute atomic E-state index is 0.0959. The summed E-state index contributed by atoms with van der Waals surface area (Å²) < 4.78 is 33.1. The van der Waals surface area contributed by atoms with Crippen LogP contribution in [0.2, 0.25) is 0 Å². The summed E-state index contributed by atoms with van der Waals surface area (Å²) in [5, 5.41) is 5.50. The smallest absolute Gasteiger partial charge is 0.321 e. The lowest BCUT2D eigenvalue weighted by molar-refractivity contribution is 0.102. The van der Waals surface area contributed by atoms with E-state index in [2.05, 4.69) is 10.6 Å². The zero-order valence-corrected chi connectivity index (χ0v) is 20.2. The fourth-order valence-corrected chi connectivity index (χ4v) is 5.10. The topological polar surface area (TPSA) is 108 Å². The molecule has 9 nitrogen and oxygen atoms in total. The Morgan fingerprint density at radius 1 is 1.09 bits per heavy atom. The Balaban J connectivity index is 1.53. The average Bonchev–Trinajstić information content (AvgIpc) is 3.30. The molecule has 35 heavy (non-hydrogen) atoms. The lowest BCUT2D eigenvalue weighted by atomic mass is 10.2. The number of anilines is 2. The largest absolute Gasteiger partial charge is 0.495 e. The molecule has 0 saturated carbocycles. The van der Waals surface area contributed by atoms with Gasteiger partial charge in [-0.2, -0.15) is 4.31 Å². The van der Waals surface area contributed by atoms with Crippen molar-refractivity contribution in [3.05, 3.63) is 83.9 Å². The summed E-state index contributed by atoms with van der Waals surface area (Å²) in [7, 11) is -1.08. The molecule has 3 amide bonds. The maximum Gasteiger partial charge on any atom is 0.321 e. The van der Waals surface area contributed by atoms with E-state index in [9.17, 15) is 18.0 Å². The van der Waals surface area contributed by atoms with E-state index in [-0.39, 0.29) is 28.8 Å². The third kappa shape index (κ3) is 5.28. The number of methoxy groups -OCH3 is 1. The van der Waals surface area contributed by atoms with Gasteiger partial charge in [-0.3, -0.25) is 9.69 Å². The number of hydrogen-bond acceptors (Lipinski definition) is 5. The quantitative estimate of drug-likeness (QED) is 0.500. The zero-order chi connectivity index (χ0) is 25.0. The van der Waals surface area contributed by atoms with Crippen molar-refractivity contribution >= 4 is 33.3 Å². The number of benzene rings is 3. The van der Waals surface area contributed by atoms with E-state index in [1.165, 1.54) is 36.7 Å². The molecule has 0 unspecified atom stereocenters. The van der Waals surface area contributed by atoms with Crippen molar-refractivity contribution in [1.29, 1.82) is 0 Å². The van der Waals surface area contributed by atoms with Crippen LogP contribution in [0.5, 0.6) is 5.75 Å². The molecule has 1 fully saturated rings. The van der Waals surface area contributed by atoms with Gasteiger partial charge in [0.15, 0.2) is 0 Å². The molecule has 2 N–H and O–H groups in total. The molecule has 0 bridgehead atoms. The maximum atomic E-state index is 13.3. The number of urea groups is 1. The second kappa shape index (κ2) is 10.2. The molecule has 0 aliphatic carbocycles. The summed E-state index contributed by atoms with van der Waals surface area (Å²) in [4.78, 5) is 26.2. The van der Waals surface area contributed by atoms with Gasteiger partial charge >= 0.3 is 6.03 Å². The molecule has 1 aliphatic rings. The van der Waals surface area contributed by atoms with Crippen molar-refractivity contribution in [2.24, 2.45) is 0 Å². The molecule has 1 aliphatic heterocycles. The van der Waals surface area contributed by atoms with Crippen LogP contribution in [0.4, 0.5) is 16.2 Å². The molecule has 0 spiro atoms. The fraction of sp³-hybridized carbons (Fsp3) is 0.200. The molecule has 0 atom stereocenters. The van der Waals surface area contributed by atoms with Gasteiger partial charge in [-0.1, -0.05) is 30.3 Å². The van der Waals surface area contributed by atoms with E-state index in [0.29, 0.717) is 18.8 Å². The van der Waals surface area contributed by atoms with Crippen LogP contribution in [-0.2, 0) is 16.6 Å². The Labute approximate surface area is 204 Å². The molecule has 0 radical (unpaired) electrons. The van der Waals surface area contributed by atoms with Gasteiger partial charge < -0.3 is 15.4 Å². The summed E-state index contributed by atoms with van der Waals surface area (Å²) in [6.45, 7) is 1.33. The summed E-state index contributed by atoms with van der Waals surface area (Å²) in [6, 6.07) is 20.2. The SMILES string of the molecule is COc1ccc(C(=O)Nc2ccc(N3CCNC3=O)cc2)cc1S(=O)(=O)N(C)Cc1ccccc1. The number of ether oxygens (including phenoxy) is 1. The molecule has 182 valence electrons. The Morgan fingerprint density at radius 3 is 2.43 bits per heavy atom. The molecule has 10 heteroatoms. The lowest BCUT2D eigenvalue weighted by Gasteiger charge is -2.19. The van der Waals surface area contributed by atoms with Crippen LogP contribution in [0, 0.1) is 0 Å². The molecule has 0 aromatic heterocycles. The molecule has 1 heterocycles. The number of carbonyl (C=O) groups excluding carboxylic acids is 2. The van der Waals surface area contributed by atoms with Crippen molar-refractivity contribution in [2.75, 3.05) is 37.5 Å². The van der Waals surface area contributed by atoms with Crippen LogP contribution >= 0.6 is 0 Å². The number of nitrogens with one attached hydrogen (secondary N) is 2. The van der Waals surface area contributed by atoms with Crippen LogP contribution in [0.3, 0.4) is 0 Å². The molecule has 3 aromatic rings. The predicted octanol–water partition coefficient (Wildman–Crippen LogP) is 3.30. The van der Waals surface area contributed by atoms with Gasteiger partial charge in [-0.25, -0.2) is 13.2 Å². The Kier molecular flexibility index (Phi) is 7.04. The minimum Gasteiger partial charge on any atom is -0.495 e. The van der Waals surface area contributed by atoms with E-state index in [0.717, 1.165) is 11.3 Å². The molecule has 4 rings (SSSR count). The van der Waals surface area contributed by atoms with Crippen LogP contribution in [0.25, 0.3) is 0 Å². The molecular formula is C25H26N4O5S. The van der Waals surface area contributed by atoms with E-state index in [1.54, 1.807) is 29.2 Å². The summed E-state index contributed by atoms with van der Waals surface area (Å²) in [5.74, 6) is -0.323. The first-order valence-electron chi connectivity index (χ1n) is 10.9. The summed E-state index contributed by atoms with van der Waals surface area (Å²) >= 11 is 0.